The van der Waals surface area contributed by atoms with Crippen LogP contribution in [0.5, 0.6) is 0 Å². The van der Waals surface area contributed by atoms with Crippen LogP contribution in [0.2, 0.25) is 0 Å². The molecule has 0 saturated carbocycles. The highest BCUT2D eigenvalue weighted by atomic mass is 19.1. The summed E-state index contributed by atoms with van der Waals surface area (Å²) in [6, 6.07) is 10.2. The van der Waals surface area contributed by atoms with Gasteiger partial charge in [0.25, 0.3) is 5.91 Å². The number of benzene rings is 2. The Morgan fingerprint density at radius 3 is 2.38 bits per heavy atom. The Hall–Kier alpha value is -3.33. The lowest BCUT2D eigenvalue weighted by Gasteiger charge is -2.20. The molecular formula is C23H25F2N3O4. The number of amides is 3. The number of nitrogens with one attached hydrogen (secondary N) is 3. The second-order valence-electron chi connectivity index (χ2n) is 7.83. The maximum absolute atomic E-state index is 13.3. The van der Waals surface area contributed by atoms with E-state index in [0.717, 1.165) is 17.7 Å². The number of rotatable bonds is 6. The topological polar surface area (TPSA) is 108 Å². The zero-order valence-electron chi connectivity index (χ0n) is 17.5. The number of hydrogen-bond acceptors (Lipinski definition) is 4. The highest BCUT2D eigenvalue weighted by molar-refractivity contribution is 5.92. The van der Waals surface area contributed by atoms with Gasteiger partial charge in [0.05, 0.1) is 0 Å². The lowest BCUT2D eigenvalue weighted by molar-refractivity contribution is -0.135. The van der Waals surface area contributed by atoms with Crippen LogP contribution in [0.1, 0.15) is 42.9 Å². The maximum atomic E-state index is 13.3. The number of carbonyl (C=O) groups is 3. The Kier molecular flexibility index (Phi) is 7.53. The number of hydrogen-bond donors (Lipinski definition) is 4. The smallest absolute Gasteiger partial charge is 0.254 e. The quantitative estimate of drug-likeness (QED) is 0.543. The molecule has 0 unspecified atom stereocenters. The van der Waals surface area contributed by atoms with E-state index < -0.39 is 41.6 Å². The summed E-state index contributed by atoms with van der Waals surface area (Å²) in [6.07, 6.45) is -0.760. The van der Waals surface area contributed by atoms with Gasteiger partial charge in [-0.05, 0) is 43.0 Å². The van der Waals surface area contributed by atoms with Gasteiger partial charge in [-0.25, -0.2) is 8.78 Å². The molecule has 3 rings (SSSR count). The summed E-state index contributed by atoms with van der Waals surface area (Å²) in [7, 11) is 0. The average Bonchev–Trinajstić information content (AvgIpc) is 2.94. The molecule has 170 valence electrons. The van der Waals surface area contributed by atoms with Crippen molar-refractivity contribution >= 4 is 17.7 Å². The van der Waals surface area contributed by atoms with Crippen molar-refractivity contribution in [2.45, 2.75) is 43.9 Å². The average molecular weight is 445 g/mol. The molecule has 3 amide bonds. The summed E-state index contributed by atoms with van der Waals surface area (Å²) in [5.41, 5.74) is 0.825. The minimum atomic E-state index is -1.86. The molecular weight excluding hydrogens is 420 g/mol. The molecule has 1 saturated heterocycles. The minimum absolute atomic E-state index is 0.126. The summed E-state index contributed by atoms with van der Waals surface area (Å²) in [6.45, 7) is 1.84. The van der Waals surface area contributed by atoms with Crippen molar-refractivity contribution in [3.63, 3.8) is 0 Å². The molecule has 1 heterocycles. The van der Waals surface area contributed by atoms with E-state index in [-0.39, 0.29) is 17.4 Å². The Morgan fingerprint density at radius 1 is 1.06 bits per heavy atom. The largest absolute Gasteiger partial charge is 0.378 e. The summed E-state index contributed by atoms with van der Waals surface area (Å²) >= 11 is 0. The summed E-state index contributed by atoms with van der Waals surface area (Å²) in [5.74, 6) is -3.68. The van der Waals surface area contributed by atoms with Crippen LogP contribution in [0.25, 0.3) is 0 Å². The standard InChI is InChI=1S/C23H25F2N3O4/c1-13(27-23(32)20(29)16-9-17(24)11-18(25)10-16)21(30)28-19-8-7-15(12-26-22(19)31)14-5-3-2-4-6-14/h2-6,9-11,13,15,19-20,29H,7-8,12H2,1H3,(H,26,31)(H,27,32)(H,28,30)/t13-,15+,19-,20-/m0/s1. The molecule has 2 aromatic carbocycles. The molecule has 1 fully saturated rings. The van der Waals surface area contributed by atoms with Crippen LogP contribution in [-0.2, 0) is 14.4 Å². The van der Waals surface area contributed by atoms with E-state index in [1.807, 2.05) is 30.3 Å². The molecule has 9 heteroatoms. The number of halogens is 2. The number of aliphatic hydroxyl groups is 1. The zero-order chi connectivity index (χ0) is 23.3. The third kappa shape index (κ3) is 5.88. The van der Waals surface area contributed by atoms with Crippen molar-refractivity contribution in [1.82, 2.24) is 16.0 Å². The summed E-state index contributed by atoms with van der Waals surface area (Å²) < 4.78 is 26.6. The predicted molar refractivity (Wildman–Crippen MR) is 112 cm³/mol. The molecule has 1 aliphatic rings. The first kappa shape index (κ1) is 23.3. The van der Waals surface area contributed by atoms with Gasteiger partial charge in [0, 0.05) is 18.5 Å². The van der Waals surface area contributed by atoms with Crippen LogP contribution in [0.3, 0.4) is 0 Å². The Labute approximate surface area is 184 Å². The van der Waals surface area contributed by atoms with E-state index in [0.29, 0.717) is 25.5 Å². The van der Waals surface area contributed by atoms with Crippen LogP contribution in [0, 0.1) is 11.6 Å². The van der Waals surface area contributed by atoms with E-state index in [1.165, 1.54) is 6.92 Å². The monoisotopic (exact) mass is 445 g/mol. The van der Waals surface area contributed by atoms with E-state index >= 15 is 0 Å². The van der Waals surface area contributed by atoms with E-state index in [2.05, 4.69) is 16.0 Å². The lowest BCUT2D eigenvalue weighted by Crippen LogP contribution is -2.52. The van der Waals surface area contributed by atoms with Gasteiger partial charge in [-0.1, -0.05) is 30.3 Å². The molecule has 0 bridgehead atoms. The zero-order valence-corrected chi connectivity index (χ0v) is 17.5. The molecule has 0 spiro atoms. The van der Waals surface area contributed by atoms with Crippen LogP contribution >= 0.6 is 0 Å². The molecule has 0 aromatic heterocycles. The minimum Gasteiger partial charge on any atom is -0.378 e. The summed E-state index contributed by atoms with van der Waals surface area (Å²) in [4.78, 5) is 37.1. The van der Waals surface area contributed by atoms with Crippen molar-refractivity contribution in [3.05, 3.63) is 71.3 Å². The van der Waals surface area contributed by atoms with Gasteiger partial charge in [-0.2, -0.15) is 0 Å². The fourth-order valence-electron chi connectivity index (χ4n) is 3.63. The number of aliphatic hydroxyl groups excluding tert-OH is 1. The Bertz CT molecular complexity index is 966. The normalized spacial score (nSPS) is 20.4. The van der Waals surface area contributed by atoms with Crippen molar-refractivity contribution in [2.24, 2.45) is 0 Å². The van der Waals surface area contributed by atoms with Crippen molar-refractivity contribution in [2.75, 3.05) is 6.54 Å². The van der Waals surface area contributed by atoms with Gasteiger partial charge in [0.1, 0.15) is 23.7 Å². The molecule has 7 nitrogen and oxygen atoms in total. The molecule has 4 atom stereocenters. The number of carbonyl (C=O) groups excluding carboxylic acids is 3. The molecule has 2 aromatic rings. The fourth-order valence-corrected chi connectivity index (χ4v) is 3.63. The highest BCUT2D eigenvalue weighted by Gasteiger charge is 2.29. The van der Waals surface area contributed by atoms with Gasteiger partial charge < -0.3 is 21.1 Å². The molecule has 4 N–H and O–H groups in total. The van der Waals surface area contributed by atoms with Crippen LogP contribution in [0.4, 0.5) is 8.78 Å². The lowest BCUT2D eigenvalue weighted by atomic mass is 9.94. The van der Waals surface area contributed by atoms with Crippen molar-refractivity contribution in [3.8, 4) is 0 Å². The summed E-state index contributed by atoms with van der Waals surface area (Å²) in [5, 5.41) is 17.8. The van der Waals surface area contributed by atoms with E-state index in [4.69, 9.17) is 0 Å². The fraction of sp³-hybridized carbons (Fsp3) is 0.348. The first-order valence-corrected chi connectivity index (χ1v) is 10.3. The van der Waals surface area contributed by atoms with Gasteiger partial charge >= 0.3 is 0 Å². The van der Waals surface area contributed by atoms with Crippen LogP contribution in [-0.4, -0.2) is 41.5 Å². The predicted octanol–water partition coefficient (Wildman–Crippen LogP) is 1.68. The maximum Gasteiger partial charge on any atom is 0.254 e. The van der Waals surface area contributed by atoms with Crippen molar-refractivity contribution in [1.29, 1.82) is 0 Å². The Morgan fingerprint density at radius 2 is 1.72 bits per heavy atom. The molecule has 0 aliphatic carbocycles. The van der Waals surface area contributed by atoms with Gasteiger partial charge in [0.2, 0.25) is 11.8 Å². The second kappa shape index (κ2) is 10.3. The third-order valence-electron chi connectivity index (χ3n) is 5.43. The first-order chi connectivity index (χ1) is 15.2. The van der Waals surface area contributed by atoms with Crippen LogP contribution in [0.15, 0.2) is 48.5 Å². The second-order valence-corrected chi connectivity index (χ2v) is 7.83. The van der Waals surface area contributed by atoms with Gasteiger partial charge in [-0.15, -0.1) is 0 Å². The highest BCUT2D eigenvalue weighted by Crippen LogP contribution is 2.23. The SMILES string of the molecule is C[C@H](NC(=O)[C@@H](O)c1cc(F)cc(F)c1)C(=O)N[C@H]1CC[C@@H](c2ccccc2)CNC1=O. The first-order valence-electron chi connectivity index (χ1n) is 10.3. The van der Waals surface area contributed by atoms with Gasteiger partial charge in [-0.3, -0.25) is 14.4 Å². The molecule has 1 aliphatic heterocycles. The third-order valence-corrected chi connectivity index (χ3v) is 5.43. The van der Waals surface area contributed by atoms with E-state index in [1.54, 1.807) is 0 Å². The van der Waals surface area contributed by atoms with Crippen LogP contribution < -0.4 is 16.0 Å². The van der Waals surface area contributed by atoms with E-state index in [9.17, 15) is 28.3 Å². The van der Waals surface area contributed by atoms with Crippen molar-refractivity contribution < 1.29 is 28.3 Å². The Balaban J connectivity index is 1.56. The molecule has 0 radical (unpaired) electrons. The van der Waals surface area contributed by atoms with Gasteiger partial charge in [0.15, 0.2) is 6.10 Å². The molecule has 32 heavy (non-hydrogen) atoms.